The van der Waals surface area contributed by atoms with E-state index in [0.717, 1.165) is 30.0 Å². The van der Waals surface area contributed by atoms with Gasteiger partial charge in [0.1, 0.15) is 0 Å². The quantitative estimate of drug-likeness (QED) is 0.918. The summed E-state index contributed by atoms with van der Waals surface area (Å²) < 4.78 is 5.38. The van der Waals surface area contributed by atoms with Crippen molar-refractivity contribution in [2.45, 2.75) is 34.1 Å². The molecule has 1 fully saturated rings. The Kier molecular flexibility index (Phi) is 5.35. The fourth-order valence-electron chi connectivity index (χ4n) is 2.52. The van der Waals surface area contributed by atoms with Crippen molar-refractivity contribution in [2.24, 2.45) is 5.41 Å². The smallest absolute Gasteiger partial charge is 0.224 e. The number of anilines is 2. The number of benzene rings is 1. The lowest BCUT2D eigenvalue weighted by atomic mass is 9.92. The number of nitrogens with zero attached hydrogens (tertiary/aromatic N) is 1. The van der Waals surface area contributed by atoms with Gasteiger partial charge < -0.3 is 15.0 Å². The van der Waals surface area contributed by atoms with E-state index in [1.807, 2.05) is 19.1 Å². The Labute approximate surface area is 137 Å². The highest BCUT2D eigenvalue weighted by Crippen LogP contribution is 2.33. The van der Waals surface area contributed by atoms with E-state index in [2.05, 4.69) is 31.0 Å². The molecule has 1 heterocycles. The van der Waals surface area contributed by atoms with Crippen molar-refractivity contribution in [3.8, 4) is 0 Å². The van der Waals surface area contributed by atoms with Crippen LogP contribution in [0.25, 0.3) is 0 Å². The molecule has 1 aliphatic heterocycles. The molecule has 1 saturated heterocycles. The topological polar surface area (TPSA) is 41.6 Å². The summed E-state index contributed by atoms with van der Waals surface area (Å²) in [6.07, 6.45) is 0.488. The molecule has 0 spiro atoms. The third-order valence-electron chi connectivity index (χ3n) is 3.61. The fraction of sp³-hybridized carbons (Fsp3) is 0.588. The van der Waals surface area contributed by atoms with Crippen LogP contribution in [-0.4, -0.2) is 32.2 Å². The predicted molar refractivity (Wildman–Crippen MR) is 91.9 cm³/mol. The number of hydrogen-bond acceptors (Lipinski definition) is 3. The second kappa shape index (κ2) is 6.88. The molecule has 1 N–H and O–H groups in total. The maximum atomic E-state index is 12.2. The molecular formula is C17H25ClN2O2. The van der Waals surface area contributed by atoms with Gasteiger partial charge >= 0.3 is 0 Å². The summed E-state index contributed by atoms with van der Waals surface area (Å²) in [7, 11) is 0. The number of hydrogen-bond donors (Lipinski definition) is 1. The first-order valence-electron chi connectivity index (χ1n) is 7.69. The molecule has 1 amide bonds. The zero-order valence-electron chi connectivity index (χ0n) is 13.8. The Bertz CT molecular complexity index is 546. The van der Waals surface area contributed by atoms with Crippen LogP contribution in [0.15, 0.2) is 12.1 Å². The van der Waals surface area contributed by atoms with Crippen LogP contribution < -0.4 is 10.2 Å². The van der Waals surface area contributed by atoms with E-state index < -0.39 is 0 Å². The number of amides is 1. The molecule has 0 radical (unpaired) electrons. The average molecular weight is 325 g/mol. The number of carbonyl (C=O) groups excluding carboxylic acids is 1. The van der Waals surface area contributed by atoms with E-state index in [1.165, 1.54) is 0 Å². The predicted octanol–water partition coefficient (Wildman–Crippen LogP) is 3.86. The van der Waals surface area contributed by atoms with Crippen LogP contribution in [0.5, 0.6) is 0 Å². The molecule has 0 saturated carbocycles. The zero-order valence-corrected chi connectivity index (χ0v) is 14.6. The van der Waals surface area contributed by atoms with Crippen LogP contribution in [0.2, 0.25) is 5.02 Å². The van der Waals surface area contributed by atoms with Crippen LogP contribution in [0.3, 0.4) is 0 Å². The number of morpholine rings is 1. The van der Waals surface area contributed by atoms with Crippen molar-refractivity contribution in [1.29, 1.82) is 0 Å². The Morgan fingerprint density at radius 1 is 1.32 bits per heavy atom. The van der Waals surface area contributed by atoms with Gasteiger partial charge in [-0.2, -0.15) is 0 Å². The van der Waals surface area contributed by atoms with Crippen molar-refractivity contribution in [1.82, 2.24) is 0 Å². The Balaban J connectivity index is 2.19. The summed E-state index contributed by atoms with van der Waals surface area (Å²) in [4.78, 5) is 14.4. The molecule has 0 aliphatic carbocycles. The van der Waals surface area contributed by atoms with E-state index in [1.54, 1.807) is 0 Å². The highest BCUT2D eigenvalue weighted by molar-refractivity contribution is 6.33. The normalized spacial score (nSPS) is 15.8. The molecule has 22 heavy (non-hydrogen) atoms. The van der Waals surface area contributed by atoms with Gasteiger partial charge in [-0.1, -0.05) is 32.4 Å². The molecule has 0 bridgehead atoms. The zero-order chi connectivity index (χ0) is 16.3. The molecule has 122 valence electrons. The molecule has 0 unspecified atom stereocenters. The first-order valence-corrected chi connectivity index (χ1v) is 8.07. The van der Waals surface area contributed by atoms with E-state index in [4.69, 9.17) is 16.3 Å². The minimum Gasteiger partial charge on any atom is -0.378 e. The van der Waals surface area contributed by atoms with Gasteiger partial charge in [0.05, 0.1) is 23.9 Å². The summed E-state index contributed by atoms with van der Waals surface area (Å²) in [5.74, 6) is 0.0332. The molecule has 4 nitrogen and oxygen atoms in total. The van der Waals surface area contributed by atoms with Crippen molar-refractivity contribution >= 4 is 28.9 Å². The molecule has 2 rings (SSSR count). The highest BCUT2D eigenvalue weighted by atomic mass is 35.5. The Hall–Kier alpha value is -1.26. The summed E-state index contributed by atoms with van der Waals surface area (Å²) >= 11 is 6.38. The van der Waals surface area contributed by atoms with Crippen LogP contribution >= 0.6 is 11.6 Å². The summed E-state index contributed by atoms with van der Waals surface area (Å²) in [5, 5.41) is 3.73. The van der Waals surface area contributed by atoms with Gasteiger partial charge in [-0.15, -0.1) is 0 Å². The van der Waals surface area contributed by atoms with Crippen molar-refractivity contribution < 1.29 is 9.53 Å². The standard InChI is InChI=1S/C17H25ClN2O2/c1-12-9-13(18)15(20-5-7-22-8-6-20)10-14(12)19-16(21)11-17(2,3)4/h9-10H,5-8,11H2,1-4H3,(H,19,21). The lowest BCUT2D eigenvalue weighted by molar-refractivity contribution is -0.117. The number of aryl methyl sites for hydroxylation is 1. The maximum Gasteiger partial charge on any atom is 0.224 e. The third kappa shape index (κ3) is 4.62. The van der Waals surface area contributed by atoms with Crippen LogP contribution in [0.1, 0.15) is 32.8 Å². The van der Waals surface area contributed by atoms with Gasteiger partial charge in [-0.25, -0.2) is 0 Å². The maximum absolute atomic E-state index is 12.2. The van der Waals surface area contributed by atoms with Gasteiger partial charge in [0, 0.05) is 25.2 Å². The number of rotatable bonds is 3. The van der Waals surface area contributed by atoms with Gasteiger partial charge in [0.25, 0.3) is 0 Å². The average Bonchev–Trinajstić information content (AvgIpc) is 2.41. The Morgan fingerprint density at radius 2 is 1.95 bits per heavy atom. The number of carbonyl (C=O) groups is 1. The van der Waals surface area contributed by atoms with Gasteiger partial charge in [0.2, 0.25) is 5.91 Å². The molecule has 0 atom stereocenters. The fourth-order valence-corrected chi connectivity index (χ4v) is 2.86. The SMILES string of the molecule is Cc1cc(Cl)c(N2CCOCC2)cc1NC(=O)CC(C)(C)C. The molecular weight excluding hydrogens is 300 g/mol. The van der Waals surface area contributed by atoms with Crippen molar-refractivity contribution in [3.63, 3.8) is 0 Å². The number of halogens is 1. The van der Waals surface area contributed by atoms with E-state index in [0.29, 0.717) is 24.7 Å². The summed E-state index contributed by atoms with van der Waals surface area (Å²) in [6, 6.07) is 3.89. The second-order valence-corrected chi connectivity index (χ2v) is 7.41. The third-order valence-corrected chi connectivity index (χ3v) is 3.91. The molecule has 1 aromatic carbocycles. The van der Waals surface area contributed by atoms with E-state index >= 15 is 0 Å². The lowest BCUT2D eigenvalue weighted by Gasteiger charge is -2.30. The van der Waals surface area contributed by atoms with Crippen LogP contribution in [0.4, 0.5) is 11.4 Å². The van der Waals surface area contributed by atoms with E-state index in [-0.39, 0.29) is 11.3 Å². The van der Waals surface area contributed by atoms with Crippen molar-refractivity contribution in [2.75, 3.05) is 36.5 Å². The highest BCUT2D eigenvalue weighted by Gasteiger charge is 2.19. The monoisotopic (exact) mass is 324 g/mol. The van der Waals surface area contributed by atoms with Crippen LogP contribution in [0, 0.1) is 12.3 Å². The largest absolute Gasteiger partial charge is 0.378 e. The molecule has 0 aromatic heterocycles. The number of nitrogens with one attached hydrogen (secondary N) is 1. The molecule has 5 heteroatoms. The van der Waals surface area contributed by atoms with Gasteiger partial charge in [-0.3, -0.25) is 4.79 Å². The van der Waals surface area contributed by atoms with Gasteiger partial charge in [-0.05, 0) is 30.0 Å². The Morgan fingerprint density at radius 3 is 2.55 bits per heavy atom. The molecule has 1 aromatic rings. The summed E-state index contributed by atoms with van der Waals surface area (Å²) in [5.41, 5.74) is 2.74. The minimum atomic E-state index is -0.0303. The summed E-state index contributed by atoms with van der Waals surface area (Å²) in [6.45, 7) is 11.2. The minimum absolute atomic E-state index is 0.0303. The lowest BCUT2D eigenvalue weighted by Crippen LogP contribution is -2.36. The van der Waals surface area contributed by atoms with E-state index in [9.17, 15) is 4.79 Å². The van der Waals surface area contributed by atoms with Gasteiger partial charge in [0.15, 0.2) is 0 Å². The molecule has 1 aliphatic rings. The number of ether oxygens (including phenoxy) is 1. The van der Waals surface area contributed by atoms with Crippen molar-refractivity contribution in [3.05, 3.63) is 22.7 Å². The second-order valence-electron chi connectivity index (χ2n) is 7.00. The first kappa shape index (κ1) is 17.1. The van der Waals surface area contributed by atoms with Crippen LogP contribution in [-0.2, 0) is 9.53 Å². The first-order chi connectivity index (χ1) is 10.3.